The van der Waals surface area contributed by atoms with E-state index in [2.05, 4.69) is 9.44 Å². The lowest BCUT2D eigenvalue weighted by atomic mass is 10.3. The second-order valence-corrected chi connectivity index (χ2v) is 9.66. The molecule has 160 valence electrons. The van der Waals surface area contributed by atoms with E-state index in [0.29, 0.717) is 24.7 Å². The van der Waals surface area contributed by atoms with Crippen LogP contribution in [0.3, 0.4) is 0 Å². The van der Waals surface area contributed by atoms with Crippen LogP contribution in [0.1, 0.15) is 20.8 Å². The number of nitrogens with one attached hydrogen (secondary N) is 2. The molecule has 1 atom stereocenters. The molecule has 2 N–H and O–H groups in total. The van der Waals surface area contributed by atoms with E-state index >= 15 is 0 Å². The molecule has 10 heteroatoms. The van der Waals surface area contributed by atoms with E-state index in [0.717, 1.165) is 0 Å². The molecule has 2 aromatic rings. The summed E-state index contributed by atoms with van der Waals surface area (Å²) in [6, 6.07) is 11.3. The van der Waals surface area contributed by atoms with Gasteiger partial charge in [0.2, 0.25) is 20.0 Å². The van der Waals surface area contributed by atoms with E-state index in [4.69, 9.17) is 9.47 Å². The number of rotatable bonds is 11. The van der Waals surface area contributed by atoms with Gasteiger partial charge in [-0.1, -0.05) is 0 Å². The molecular weight excluding hydrogens is 416 g/mol. The van der Waals surface area contributed by atoms with Crippen LogP contribution < -0.4 is 18.9 Å². The SMILES string of the molecule is CCOc1ccc(S(=O)(=O)NC[C@@H](C)NS(=O)(=O)c2ccc(OCC)cc2)cc1. The van der Waals surface area contributed by atoms with Gasteiger partial charge in [0.1, 0.15) is 11.5 Å². The first-order valence-electron chi connectivity index (χ1n) is 9.15. The normalized spacial score (nSPS) is 13.1. The summed E-state index contributed by atoms with van der Waals surface area (Å²) in [5.74, 6) is 1.14. The Labute approximate surface area is 172 Å². The average Bonchev–Trinajstić information content (AvgIpc) is 2.68. The van der Waals surface area contributed by atoms with Gasteiger partial charge in [-0.05, 0) is 69.3 Å². The molecule has 0 radical (unpaired) electrons. The van der Waals surface area contributed by atoms with Crippen LogP contribution in [0.5, 0.6) is 11.5 Å². The maximum absolute atomic E-state index is 12.5. The smallest absolute Gasteiger partial charge is 0.240 e. The minimum Gasteiger partial charge on any atom is -0.494 e. The fourth-order valence-corrected chi connectivity index (χ4v) is 4.83. The van der Waals surface area contributed by atoms with Crippen LogP contribution in [-0.4, -0.2) is 42.6 Å². The Hall–Kier alpha value is -2.14. The number of sulfonamides is 2. The van der Waals surface area contributed by atoms with E-state index < -0.39 is 26.1 Å². The molecule has 0 saturated heterocycles. The quantitative estimate of drug-likeness (QED) is 0.552. The summed E-state index contributed by atoms with van der Waals surface area (Å²) >= 11 is 0. The van der Waals surface area contributed by atoms with Crippen LogP contribution >= 0.6 is 0 Å². The van der Waals surface area contributed by atoms with Crippen LogP contribution in [-0.2, 0) is 20.0 Å². The summed E-state index contributed by atoms with van der Waals surface area (Å²) in [5.41, 5.74) is 0. The molecule has 0 amide bonds. The summed E-state index contributed by atoms with van der Waals surface area (Å²) in [5, 5.41) is 0. The first-order valence-corrected chi connectivity index (χ1v) is 12.1. The number of hydrogen-bond donors (Lipinski definition) is 2. The molecule has 0 aliphatic rings. The van der Waals surface area contributed by atoms with Gasteiger partial charge in [-0.15, -0.1) is 0 Å². The average molecular weight is 443 g/mol. The van der Waals surface area contributed by atoms with E-state index in [-0.39, 0.29) is 16.3 Å². The predicted octanol–water partition coefficient (Wildman–Crippen LogP) is 2.13. The number of ether oxygens (including phenoxy) is 2. The molecule has 8 nitrogen and oxygen atoms in total. The van der Waals surface area contributed by atoms with Gasteiger partial charge < -0.3 is 9.47 Å². The summed E-state index contributed by atoms with van der Waals surface area (Å²) in [7, 11) is -7.57. The summed E-state index contributed by atoms with van der Waals surface area (Å²) in [4.78, 5) is 0.143. The molecule has 0 heterocycles. The molecular formula is C19H26N2O6S2. The largest absolute Gasteiger partial charge is 0.494 e. The lowest BCUT2D eigenvalue weighted by Gasteiger charge is -2.16. The Balaban J connectivity index is 1.97. The standard InChI is InChI=1S/C19H26N2O6S2/c1-4-26-16-6-10-18(11-7-16)28(22,23)20-14-15(3)21-29(24,25)19-12-8-17(9-13-19)27-5-2/h6-13,15,20-21H,4-5,14H2,1-3H3/t15-/m1/s1. The highest BCUT2D eigenvalue weighted by molar-refractivity contribution is 7.90. The Kier molecular flexibility index (Phi) is 8.03. The van der Waals surface area contributed by atoms with Gasteiger partial charge in [0.25, 0.3) is 0 Å². The highest BCUT2D eigenvalue weighted by Gasteiger charge is 2.20. The fourth-order valence-electron chi connectivity index (χ4n) is 2.46. The third-order valence-corrected chi connectivity index (χ3v) is 6.87. The maximum atomic E-state index is 12.5. The van der Waals surface area contributed by atoms with Gasteiger partial charge in [-0.2, -0.15) is 0 Å². The minimum absolute atomic E-state index is 0.0715. The first-order chi connectivity index (χ1) is 13.7. The highest BCUT2D eigenvalue weighted by Crippen LogP contribution is 2.17. The zero-order valence-corrected chi connectivity index (χ0v) is 18.2. The third kappa shape index (κ3) is 6.70. The molecule has 0 aromatic heterocycles. The fraction of sp³-hybridized carbons (Fsp3) is 0.368. The van der Waals surface area contributed by atoms with E-state index in [9.17, 15) is 16.8 Å². The monoisotopic (exact) mass is 442 g/mol. The summed E-state index contributed by atoms with van der Waals surface area (Å²) in [6.07, 6.45) is 0. The van der Waals surface area contributed by atoms with Crippen molar-refractivity contribution in [3.63, 3.8) is 0 Å². The van der Waals surface area contributed by atoms with Crippen molar-refractivity contribution >= 4 is 20.0 Å². The third-order valence-electron chi connectivity index (χ3n) is 3.83. The van der Waals surface area contributed by atoms with Gasteiger partial charge in [-0.3, -0.25) is 0 Å². The van der Waals surface area contributed by atoms with Gasteiger partial charge in [0.05, 0.1) is 23.0 Å². The lowest BCUT2D eigenvalue weighted by molar-refractivity contribution is 0.340. The van der Waals surface area contributed by atoms with Crippen LogP contribution in [0.15, 0.2) is 58.3 Å². The molecule has 2 aromatic carbocycles. The van der Waals surface area contributed by atoms with Crippen molar-refractivity contribution in [1.82, 2.24) is 9.44 Å². The highest BCUT2D eigenvalue weighted by atomic mass is 32.2. The molecule has 0 fully saturated rings. The van der Waals surface area contributed by atoms with Crippen LogP contribution in [0, 0.1) is 0 Å². The van der Waals surface area contributed by atoms with Crippen LogP contribution in [0.4, 0.5) is 0 Å². The van der Waals surface area contributed by atoms with Gasteiger partial charge in [0.15, 0.2) is 0 Å². The van der Waals surface area contributed by atoms with Gasteiger partial charge >= 0.3 is 0 Å². The Morgan fingerprint density at radius 2 is 1.17 bits per heavy atom. The van der Waals surface area contributed by atoms with Crippen molar-refractivity contribution in [3.05, 3.63) is 48.5 Å². The molecule has 0 unspecified atom stereocenters. The predicted molar refractivity (Wildman–Crippen MR) is 110 cm³/mol. The van der Waals surface area contributed by atoms with E-state index in [1.165, 1.54) is 24.3 Å². The van der Waals surface area contributed by atoms with Crippen molar-refractivity contribution in [3.8, 4) is 11.5 Å². The number of hydrogen-bond acceptors (Lipinski definition) is 6. The molecule has 2 rings (SSSR count). The minimum atomic E-state index is -3.79. The van der Waals surface area contributed by atoms with Crippen molar-refractivity contribution in [2.75, 3.05) is 19.8 Å². The molecule has 0 spiro atoms. The molecule has 0 saturated carbocycles. The second-order valence-electron chi connectivity index (χ2n) is 6.18. The topological polar surface area (TPSA) is 111 Å². The van der Waals surface area contributed by atoms with E-state index in [1.807, 2.05) is 13.8 Å². The van der Waals surface area contributed by atoms with Gasteiger partial charge in [0, 0.05) is 12.6 Å². The molecule has 29 heavy (non-hydrogen) atoms. The first kappa shape index (κ1) is 23.1. The van der Waals surface area contributed by atoms with Crippen molar-refractivity contribution < 1.29 is 26.3 Å². The zero-order valence-electron chi connectivity index (χ0n) is 16.6. The lowest BCUT2D eigenvalue weighted by Crippen LogP contribution is -2.41. The van der Waals surface area contributed by atoms with Crippen molar-refractivity contribution in [1.29, 1.82) is 0 Å². The summed E-state index contributed by atoms with van der Waals surface area (Å²) in [6.45, 7) is 6.11. The molecule has 0 bridgehead atoms. The van der Waals surface area contributed by atoms with Gasteiger partial charge in [-0.25, -0.2) is 26.3 Å². The Morgan fingerprint density at radius 1 is 0.759 bits per heavy atom. The molecule has 0 aliphatic carbocycles. The second kappa shape index (κ2) is 10.1. The zero-order chi connectivity index (χ0) is 21.5. The van der Waals surface area contributed by atoms with E-state index in [1.54, 1.807) is 31.2 Å². The number of benzene rings is 2. The van der Waals surface area contributed by atoms with Crippen LogP contribution in [0.2, 0.25) is 0 Å². The van der Waals surface area contributed by atoms with Crippen molar-refractivity contribution in [2.45, 2.75) is 36.6 Å². The Bertz CT molecular complexity index is 988. The molecule has 0 aliphatic heterocycles. The van der Waals surface area contributed by atoms with Crippen LogP contribution in [0.25, 0.3) is 0 Å². The Morgan fingerprint density at radius 3 is 1.59 bits per heavy atom. The maximum Gasteiger partial charge on any atom is 0.240 e. The van der Waals surface area contributed by atoms with Crippen molar-refractivity contribution in [2.24, 2.45) is 0 Å². The summed E-state index contributed by atoms with van der Waals surface area (Å²) < 4.78 is 65.2.